The van der Waals surface area contributed by atoms with Crippen molar-refractivity contribution in [2.45, 2.75) is 57.5 Å². The highest BCUT2D eigenvalue weighted by Crippen LogP contribution is 2.38. The van der Waals surface area contributed by atoms with Gasteiger partial charge in [-0.2, -0.15) is 13.9 Å². The number of ether oxygens (including phenoxy) is 2. The molecule has 2 atom stereocenters. The Hall–Kier alpha value is -2.91. The Labute approximate surface area is 197 Å². The Kier molecular flexibility index (Phi) is 6.07. The highest BCUT2D eigenvalue weighted by molar-refractivity contribution is 5.92. The zero-order valence-electron chi connectivity index (χ0n) is 19.6. The summed E-state index contributed by atoms with van der Waals surface area (Å²) in [7, 11) is 1.73. The molecule has 9 heteroatoms. The van der Waals surface area contributed by atoms with E-state index in [4.69, 9.17) is 9.47 Å². The molecule has 0 unspecified atom stereocenters. The fourth-order valence-corrected chi connectivity index (χ4v) is 4.32. The van der Waals surface area contributed by atoms with Crippen molar-refractivity contribution < 1.29 is 18.3 Å². The number of hydrogen-bond donors (Lipinski definition) is 1. The maximum Gasteiger partial charge on any atom is 0.383 e. The van der Waals surface area contributed by atoms with Gasteiger partial charge in [0, 0.05) is 25.6 Å². The Morgan fingerprint density at radius 3 is 2.71 bits per heavy atom. The number of alkyl halides is 2. The van der Waals surface area contributed by atoms with E-state index in [1.807, 2.05) is 26.1 Å². The number of halogens is 2. The number of rotatable bonds is 8. The Morgan fingerprint density at radius 2 is 1.97 bits per heavy atom. The second-order valence-electron chi connectivity index (χ2n) is 9.14. The number of benzene rings is 1. The van der Waals surface area contributed by atoms with Crippen LogP contribution < -0.4 is 10.2 Å². The minimum atomic E-state index is -3.30. The first-order valence-corrected chi connectivity index (χ1v) is 11.7. The van der Waals surface area contributed by atoms with Crippen LogP contribution in [-0.4, -0.2) is 47.6 Å². The minimum Gasteiger partial charge on any atom is -0.380 e. The van der Waals surface area contributed by atoms with E-state index in [2.05, 4.69) is 31.5 Å². The highest BCUT2D eigenvalue weighted by atomic mass is 19.3. The molecular formula is C25H29F2N5O2. The number of fused-ring (bicyclic) bond motifs is 1. The summed E-state index contributed by atoms with van der Waals surface area (Å²) in [5, 5.41) is 12.8. The van der Waals surface area contributed by atoms with Gasteiger partial charge in [-0.3, -0.25) is 4.98 Å². The van der Waals surface area contributed by atoms with E-state index in [0.717, 1.165) is 41.8 Å². The molecule has 1 saturated carbocycles. The zero-order valence-corrected chi connectivity index (χ0v) is 19.6. The van der Waals surface area contributed by atoms with Gasteiger partial charge in [0.1, 0.15) is 0 Å². The molecule has 2 aliphatic rings. The van der Waals surface area contributed by atoms with Gasteiger partial charge < -0.3 is 19.7 Å². The van der Waals surface area contributed by atoms with Crippen molar-refractivity contribution in [2.24, 2.45) is 0 Å². The van der Waals surface area contributed by atoms with Crippen LogP contribution >= 0.6 is 0 Å². The monoisotopic (exact) mass is 469 g/mol. The van der Waals surface area contributed by atoms with Crippen molar-refractivity contribution >= 4 is 22.4 Å². The molecular weight excluding hydrogens is 440 g/mol. The maximum atomic E-state index is 14.5. The predicted octanol–water partition coefficient (Wildman–Crippen LogP) is 4.96. The molecule has 0 amide bonds. The van der Waals surface area contributed by atoms with Crippen molar-refractivity contribution in [3.63, 3.8) is 0 Å². The number of nitrogens with one attached hydrogen (secondary N) is 1. The summed E-state index contributed by atoms with van der Waals surface area (Å²) in [5.74, 6) is 0.566. The molecule has 1 aliphatic carbocycles. The van der Waals surface area contributed by atoms with Crippen LogP contribution in [0, 0.1) is 6.92 Å². The SMILES string of the molecule is CO[C@H]1CCN(c2cnc3c(C)nnc(N[C@H](C)c4cccc(C(F)(F)OC5CC5)c4)c3c2)C1. The second-order valence-corrected chi connectivity index (χ2v) is 9.14. The van der Waals surface area contributed by atoms with E-state index in [1.54, 1.807) is 13.2 Å². The normalized spacial score (nSPS) is 19.6. The van der Waals surface area contributed by atoms with Crippen LogP contribution in [0.3, 0.4) is 0 Å². The van der Waals surface area contributed by atoms with Gasteiger partial charge in [-0.25, -0.2) is 0 Å². The standard InChI is InChI=1S/C25H29F2N5O2/c1-15(17-5-4-6-18(11-17)25(26,27)34-20-7-8-20)29-24-22-12-19(32-10-9-21(14-32)33-3)13-28-23(22)16(2)30-31-24/h4-6,11-13,15,20-21H,7-10,14H2,1-3H3,(H,29,31)/t15-,21+/m1/s1. The molecule has 5 rings (SSSR count). The molecule has 1 saturated heterocycles. The molecule has 1 aliphatic heterocycles. The van der Waals surface area contributed by atoms with E-state index in [0.29, 0.717) is 24.2 Å². The van der Waals surface area contributed by atoms with Crippen LogP contribution in [0.5, 0.6) is 0 Å². The van der Waals surface area contributed by atoms with E-state index in [1.165, 1.54) is 12.1 Å². The maximum absolute atomic E-state index is 14.5. The van der Waals surface area contributed by atoms with Crippen molar-refractivity contribution in [2.75, 3.05) is 30.4 Å². The lowest BCUT2D eigenvalue weighted by atomic mass is 10.0. The lowest BCUT2D eigenvalue weighted by molar-refractivity contribution is -0.255. The number of anilines is 2. The van der Waals surface area contributed by atoms with Crippen LogP contribution in [0.15, 0.2) is 36.5 Å². The van der Waals surface area contributed by atoms with Crippen molar-refractivity contribution in [1.82, 2.24) is 15.2 Å². The number of nitrogens with zero attached hydrogens (tertiary/aromatic N) is 4. The summed E-state index contributed by atoms with van der Waals surface area (Å²) >= 11 is 0. The first kappa shape index (κ1) is 22.9. The van der Waals surface area contributed by atoms with Gasteiger partial charge >= 0.3 is 6.11 Å². The summed E-state index contributed by atoms with van der Waals surface area (Å²) in [6.45, 7) is 5.49. The average molecular weight is 470 g/mol. The van der Waals surface area contributed by atoms with E-state index >= 15 is 0 Å². The molecule has 1 N–H and O–H groups in total. The van der Waals surface area contributed by atoms with Gasteiger partial charge in [0.25, 0.3) is 0 Å². The predicted molar refractivity (Wildman–Crippen MR) is 126 cm³/mol. The minimum absolute atomic E-state index is 0.143. The Morgan fingerprint density at radius 1 is 1.15 bits per heavy atom. The van der Waals surface area contributed by atoms with Gasteiger partial charge in [-0.15, -0.1) is 5.10 Å². The molecule has 0 spiro atoms. The smallest absolute Gasteiger partial charge is 0.380 e. The molecule has 1 aromatic carbocycles. The van der Waals surface area contributed by atoms with Gasteiger partial charge in [0.15, 0.2) is 5.82 Å². The quantitative estimate of drug-likeness (QED) is 0.500. The zero-order chi connectivity index (χ0) is 23.9. The summed E-state index contributed by atoms with van der Waals surface area (Å²) in [6, 6.07) is 8.11. The van der Waals surface area contributed by atoms with Gasteiger partial charge in [0.05, 0.1) is 46.9 Å². The molecule has 34 heavy (non-hydrogen) atoms. The second kappa shape index (κ2) is 9.03. The number of methoxy groups -OCH3 is 1. The number of pyridine rings is 1. The van der Waals surface area contributed by atoms with E-state index in [9.17, 15) is 8.78 Å². The van der Waals surface area contributed by atoms with Crippen LogP contribution in [0.4, 0.5) is 20.3 Å². The van der Waals surface area contributed by atoms with E-state index < -0.39 is 6.11 Å². The van der Waals surface area contributed by atoms with Crippen molar-refractivity contribution in [3.8, 4) is 0 Å². The molecule has 3 heterocycles. The van der Waals surface area contributed by atoms with Gasteiger partial charge in [-0.1, -0.05) is 18.2 Å². The summed E-state index contributed by atoms with van der Waals surface area (Å²) in [6.07, 6.45) is 0.753. The fraction of sp³-hybridized carbons (Fsp3) is 0.480. The number of hydrogen-bond acceptors (Lipinski definition) is 7. The summed E-state index contributed by atoms with van der Waals surface area (Å²) < 4.78 is 39.5. The number of aromatic nitrogens is 3. The van der Waals surface area contributed by atoms with Crippen LogP contribution in [0.1, 0.15) is 49.0 Å². The lowest BCUT2D eigenvalue weighted by Gasteiger charge is -2.21. The third kappa shape index (κ3) is 4.67. The average Bonchev–Trinajstić information content (AvgIpc) is 3.51. The Balaban J connectivity index is 1.41. The number of aryl methyl sites for hydroxylation is 1. The van der Waals surface area contributed by atoms with Gasteiger partial charge in [0.2, 0.25) is 0 Å². The van der Waals surface area contributed by atoms with Crippen LogP contribution in [-0.2, 0) is 15.6 Å². The largest absolute Gasteiger partial charge is 0.383 e. The molecule has 0 radical (unpaired) electrons. The summed E-state index contributed by atoms with van der Waals surface area (Å²) in [5.41, 5.74) is 3.05. The molecule has 2 fully saturated rings. The van der Waals surface area contributed by atoms with Crippen molar-refractivity contribution in [1.29, 1.82) is 0 Å². The lowest BCUT2D eigenvalue weighted by Crippen LogP contribution is -2.22. The van der Waals surface area contributed by atoms with Crippen LogP contribution in [0.25, 0.3) is 10.9 Å². The topological polar surface area (TPSA) is 72.4 Å². The third-order valence-electron chi connectivity index (χ3n) is 6.53. The van der Waals surface area contributed by atoms with Gasteiger partial charge in [-0.05, 0) is 50.8 Å². The van der Waals surface area contributed by atoms with Crippen LogP contribution in [0.2, 0.25) is 0 Å². The molecule has 180 valence electrons. The molecule has 7 nitrogen and oxygen atoms in total. The molecule has 3 aromatic rings. The van der Waals surface area contributed by atoms with E-state index in [-0.39, 0.29) is 23.8 Å². The molecule has 0 bridgehead atoms. The summed E-state index contributed by atoms with van der Waals surface area (Å²) in [4.78, 5) is 6.90. The first-order valence-electron chi connectivity index (χ1n) is 11.7. The highest BCUT2D eigenvalue weighted by Gasteiger charge is 2.40. The Bertz CT molecular complexity index is 1190. The third-order valence-corrected chi connectivity index (χ3v) is 6.53. The fourth-order valence-electron chi connectivity index (χ4n) is 4.32. The first-order chi connectivity index (χ1) is 16.3. The molecule has 2 aromatic heterocycles. The van der Waals surface area contributed by atoms with Crippen molar-refractivity contribution in [3.05, 3.63) is 53.3 Å².